The molecule has 2 aliphatic rings. The minimum atomic E-state index is -0.0123. The van der Waals surface area contributed by atoms with Gasteiger partial charge in [-0.1, -0.05) is 0 Å². The normalized spacial score (nSPS) is 18.0. The van der Waals surface area contributed by atoms with E-state index in [1.165, 1.54) is 0 Å². The zero-order valence-corrected chi connectivity index (χ0v) is 12.9. The van der Waals surface area contributed by atoms with E-state index in [0.717, 1.165) is 31.7 Å². The summed E-state index contributed by atoms with van der Waals surface area (Å²) in [5.74, 6) is 2.27. The van der Waals surface area contributed by atoms with E-state index in [9.17, 15) is 4.79 Å². The van der Waals surface area contributed by atoms with Gasteiger partial charge in [0.2, 0.25) is 5.75 Å². The maximum absolute atomic E-state index is 12.4. The maximum atomic E-state index is 12.4. The molecule has 1 aromatic heterocycles. The van der Waals surface area contributed by atoms with Crippen LogP contribution in [-0.4, -0.2) is 26.3 Å². The van der Waals surface area contributed by atoms with Gasteiger partial charge in [-0.25, -0.2) is 0 Å². The number of halogens is 1. The van der Waals surface area contributed by atoms with E-state index in [4.69, 9.17) is 13.9 Å². The molecule has 1 fully saturated rings. The Hall–Kier alpha value is -1.72. The lowest BCUT2D eigenvalue weighted by atomic mass is 9.95. The van der Waals surface area contributed by atoms with Gasteiger partial charge in [0.25, 0.3) is 0 Å². The Balaban J connectivity index is 0.00000144. The molecule has 5 nitrogen and oxygen atoms in total. The largest absolute Gasteiger partial charge is 0.486 e. The van der Waals surface area contributed by atoms with Crippen LogP contribution in [0, 0.1) is 0 Å². The predicted molar refractivity (Wildman–Crippen MR) is 85.6 cm³/mol. The average molecular weight is 324 g/mol. The topological polar surface area (TPSA) is 60.7 Å². The minimum absolute atomic E-state index is 0. The summed E-state index contributed by atoms with van der Waals surface area (Å²) in [5, 5.41) is 3.87. The van der Waals surface area contributed by atoms with Crippen LogP contribution in [0.2, 0.25) is 0 Å². The van der Waals surface area contributed by atoms with Gasteiger partial charge in [-0.2, -0.15) is 0 Å². The fraction of sp³-hybridized carbons (Fsp3) is 0.438. The molecule has 6 heteroatoms. The Bertz CT molecular complexity index is 737. The first-order chi connectivity index (χ1) is 10.3. The van der Waals surface area contributed by atoms with Gasteiger partial charge in [-0.3, -0.25) is 4.79 Å². The predicted octanol–water partition coefficient (Wildman–Crippen LogP) is 2.45. The molecule has 0 aliphatic carbocycles. The molecule has 0 saturated carbocycles. The molecule has 4 rings (SSSR count). The fourth-order valence-electron chi connectivity index (χ4n) is 3.05. The lowest BCUT2D eigenvalue weighted by Crippen LogP contribution is -2.27. The minimum Gasteiger partial charge on any atom is -0.486 e. The van der Waals surface area contributed by atoms with Crippen LogP contribution in [0.1, 0.15) is 24.5 Å². The van der Waals surface area contributed by atoms with Crippen molar-refractivity contribution in [3.63, 3.8) is 0 Å². The van der Waals surface area contributed by atoms with E-state index in [2.05, 4.69) is 5.32 Å². The van der Waals surface area contributed by atoms with Crippen molar-refractivity contribution in [3.8, 4) is 11.5 Å². The van der Waals surface area contributed by atoms with E-state index < -0.39 is 0 Å². The van der Waals surface area contributed by atoms with Gasteiger partial charge < -0.3 is 19.2 Å². The zero-order chi connectivity index (χ0) is 14.2. The molecule has 1 aromatic carbocycles. The quantitative estimate of drug-likeness (QED) is 0.873. The first-order valence-corrected chi connectivity index (χ1v) is 7.40. The maximum Gasteiger partial charge on any atom is 0.205 e. The van der Waals surface area contributed by atoms with Crippen LogP contribution in [0.3, 0.4) is 0 Å². The van der Waals surface area contributed by atoms with Crippen LogP contribution in [0.4, 0.5) is 0 Å². The smallest absolute Gasteiger partial charge is 0.205 e. The molecule has 118 valence electrons. The molecule has 0 unspecified atom stereocenters. The van der Waals surface area contributed by atoms with Crippen molar-refractivity contribution < 1.29 is 13.9 Å². The van der Waals surface area contributed by atoms with E-state index in [1.807, 2.05) is 0 Å². The summed E-state index contributed by atoms with van der Waals surface area (Å²) in [6, 6.07) is 5.16. The monoisotopic (exact) mass is 323 g/mol. The summed E-state index contributed by atoms with van der Waals surface area (Å²) in [7, 11) is 0. The van der Waals surface area contributed by atoms with Crippen molar-refractivity contribution in [2.45, 2.75) is 18.8 Å². The van der Waals surface area contributed by atoms with Crippen LogP contribution >= 0.6 is 12.4 Å². The lowest BCUT2D eigenvalue weighted by Gasteiger charge is -2.23. The molecule has 22 heavy (non-hydrogen) atoms. The van der Waals surface area contributed by atoms with Crippen molar-refractivity contribution in [1.29, 1.82) is 0 Å². The van der Waals surface area contributed by atoms with Crippen LogP contribution < -0.4 is 20.2 Å². The second-order valence-corrected chi connectivity index (χ2v) is 5.50. The van der Waals surface area contributed by atoms with Crippen LogP contribution in [0.5, 0.6) is 11.5 Å². The molecule has 1 saturated heterocycles. The van der Waals surface area contributed by atoms with Gasteiger partial charge in [0, 0.05) is 12.0 Å². The lowest BCUT2D eigenvalue weighted by molar-refractivity contribution is 0.171. The molecule has 2 aromatic rings. The third kappa shape index (κ3) is 2.55. The molecular weight excluding hydrogens is 306 g/mol. The van der Waals surface area contributed by atoms with Crippen molar-refractivity contribution in [3.05, 3.63) is 34.2 Å². The number of hydrogen-bond acceptors (Lipinski definition) is 5. The Morgan fingerprint density at radius 1 is 1.09 bits per heavy atom. The third-order valence-electron chi connectivity index (χ3n) is 4.16. The van der Waals surface area contributed by atoms with Gasteiger partial charge in [0.15, 0.2) is 16.8 Å². The summed E-state index contributed by atoms with van der Waals surface area (Å²) in [5.41, 5.74) is 0.509. The Labute approximate surface area is 134 Å². The van der Waals surface area contributed by atoms with Gasteiger partial charge in [-0.15, -0.1) is 12.4 Å². The highest BCUT2D eigenvalue weighted by Crippen LogP contribution is 2.38. The molecule has 0 spiro atoms. The summed E-state index contributed by atoms with van der Waals surface area (Å²) in [6.45, 7) is 2.92. The highest BCUT2D eigenvalue weighted by atomic mass is 35.5. The number of nitrogens with one attached hydrogen (secondary N) is 1. The van der Waals surface area contributed by atoms with Crippen molar-refractivity contribution >= 4 is 23.4 Å². The second-order valence-electron chi connectivity index (χ2n) is 5.50. The van der Waals surface area contributed by atoms with Gasteiger partial charge in [0.05, 0.1) is 5.39 Å². The van der Waals surface area contributed by atoms with Crippen LogP contribution in [-0.2, 0) is 0 Å². The Morgan fingerprint density at radius 3 is 2.68 bits per heavy atom. The standard InChI is InChI=1S/C16H17NO4.ClH/c18-12-9-14(10-3-5-17-6-4-10)21-15-11(12)1-2-13-16(15)20-8-7-19-13;/h1-2,9-10,17H,3-8H2;1H. The van der Waals surface area contributed by atoms with E-state index >= 15 is 0 Å². The fourth-order valence-corrected chi connectivity index (χ4v) is 3.05. The summed E-state index contributed by atoms with van der Waals surface area (Å²) in [4.78, 5) is 12.4. The zero-order valence-electron chi connectivity index (χ0n) is 12.1. The molecule has 2 aliphatic heterocycles. The number of ether oxygens (including phenoxy) is 2. The third-order valence-corrected chi connectivity index (χ3v) is 4.16. The molecule has 0 radical (unpaired) electrons. The van der Waals surface area contributed by atoms with Crippen molar-refractivity contribution in [2.75, 3.05) is 26.3 Å². The average Bonchev–Trinajstić information content (AvgIpc) is 2.55. The SMILES string of the molecule is Cl.O=c1cc(C2CCNCC2)oc2c3c(ccc12)OCCO3. The molecule has 0 bridgehead atoms. The highest BCUT2D eigenvalue weighted by Gasteiger charge is 2.22. The second kappa shape index (κ2) is 6.18. The van der Waals surface area contributed by atoms with E-state index in [0.29, 0.717) is 41.6 Å². The van der Waals surface area contributed by atoms with Gasteiger partial charge >= 0.3 is 0 Å². The molecular formula is C16H18ClNO4. The van der Waals surface area contributed by atoms with Crippen LogP contribution in [0.25, 0.3) is 11.0 Å². The van der Waals surface area contributed by atoms with Crippen LogP contribution in [0.15, 0.2) is 27.4 Å². The van der Waals surface area contributed by atoms with Gasteiger partial charge in [0.1, 0.15) is 19.0 Å². The number of piperidine rings is 1. The number of benzene rings is 1. The van der Waals surface area contributed by atoms with Crippen molar-refractivity contribution in [2.24, 2.45) is 0 Å². The number of fused-ring (bicyclic) bond motifs is 3. The summed E-state index contributed by atoms with van der Waals surface area (Å²) >= 11 is 0. The first kappa shape index (κ1) is 15.2. The molecule has 3 heterocycles. The Morgan fingerprint density at radius 2 is 1.86 bits per heavy atom. The highest BCUT2D eigenvalue weighted by molar-refractivity contribution is 5.86. The number of rotatable bonds is 1. The molecule has 0 amide bonds. The molecule has 0 atom stereocenters. The van der Waals surface area contributed by atoms with E-state index in [-0.39, 0.29) is 17.8 Å². The summed E-state index contributed by atoms with van der Waals surface area (Å²) in [6.07, 6.45) is 1.97. The Kier molecular flexibility index (Phi) is 4.27. The van der Waals surface area contributed by atoms with Crippen molar-refractivity contribution in [1.82, 2.24) is 5.32 Å². The van der Waals surface area contributed by atoms with Gasteiger partial charge in [-0.05, 0) is 38.1 Å². The van der Waals surface area contributed by atoms with E-state index in [1.54, 1.807) is 18.2 Å². The number of hydrogen-bond donors (Lipinski definition) is 1. The first-order valence-electron chi connectivity index (χ1n) is 7.40. The molecule has 1 N–H and O–H groups in total. The summed E-state index contributed by atoms with van der Waals surface area (Å²) < 4.78 is 17.3.